The predicted molar refractivity (Wildman–Crippen MR) is 65.4 cm³/mol. The van der Waals surface area contributed by atoms with Gasteiger partial charge in [0.2, 0.25) is 5.16 Å². The molecular weight excluding hydrogens is 274 g/mol. The van der Waals surface area contributed by atoms with Crippen molar-refractivity contribution in [2.24, 2.45) is 0 Å². The molecule has 0 saturated carbocycles. The first-order valence-corrected chi connectivity index (χ1v) is 6.87. The van der Waals surface area contributed by atoms with E-state index in [4.69, 9.17) is 0 Å². The Morgan fingerprint density at radius 2 is 2.44 bits per heavy atom. The maximum absolute atomic E-state index is 11.2. The number of rotatable bonds is 5. The minimum absolute atomic E-state index is 0.00214. The molecular formula is C9H11N5O2S2. The largest absolute Gasteiger partial charge is 0.468 e. The van der Waals surface area contributed by atoms with E-state index in [0.717, 1.165) is 16.5 Å². The molecule has 0 aliphatic heterocycles. The SMILES string of the molecule is CCc1csc(Sc2nnnn2CC(=O)OC)n1. The maximum Gasteiger partial charge on any atom is 0.327 e. The molecule has 0 N–H and O–H groups in total. The average molecular weight is 285 g/mol. The van der Waals surface area contributed by atoms with Crippen LogP contribution in [-0.2, 0) is 22.5 Å². The molecule has 0 saturated heterocycles. The van der Waals surface area contributed by atoms with Crippen molar-refractivity contribution in [3.8, 4) is 0 Å². The lowest BCUT2D eigenvalue weighted by Crippen LogP contribution is -2.13. The summed E-state index contributed by atoms with van der Waals surface area (Å²) in [5, 5.41) is 13.7. The number of tetrazole rings is 1. The van der Waals surface area contributed by atoms with E-state index in [-0.39, 0.29) is 6.54 Å². The number of methoxy groups -OCH3 is 1. The number of carbonyl (C=O) groups excluding carboxylic acids is 1. The van der Waals surface area contributed by atoms with Gasteiger partial charge in [-0.3, -0.25) is 4.79 Å². The fourth-order valence-corrected chi connectivity index (χ4v) is 2.92. The molecule has 0 unspecified atom stereocenters. The van der Waals surface area contributed by atoms with Crippen LogP contribution in [0.1, 0.15) is 12.6 Å². The van der Waals surface area contributed by atoms with Gasteiger partial charge >= 0.3 is 5.97 Å². The molecule has 18 heavy (non-hydrogen) atoms. The standard InChI is InChI=1S/C9H11N5O2S2/c1-3-6-5-17-9(10-6)18-8-11-12-13-14(8)4-7(15)16-2/h5H,3-4H2,1-2H3. The highest BCUT2D eigenvalue weighted by atomic mass is 32.2. The Morgan fingerprint density at radius 1 is 1.61 bits per heavy atom. The number of ether oxygens (including phenoxy) is 1. The monoisotopic (exact) mass is 285 g/mol. The normalized spacial score (nSPS) is 10.6. The zero-order valence-corrected chi connectivity index (χ0v) is 11.5. The predicted octanol–water partition coefficient (Wildman–Crippen LogP) is 1.02. The van der Waals surface area contributed by atoms with Gasteiger partial charge in [0, 0.05) is 5.38 Å². The van der Waals surface area contributed by atoms with Gasteiger partial charge in [0.25, 0.3) is 0 Å². The van der Waals surface area contributed by atoms with Crippen LogP contribution in [0.5, 0.6) is 0 Å². The third-order valence-electron chi connectivity index (χ3n) is 2.08. The molecule has 0 aliphatic carbocycles. The zero-order valence-electron chi connectivity index (χ0n) is 9.86. The van der Waals surface area contributed by atoms with Crippen molar-refractivity contribution in [1.82, 2.24) is 25.2 Å². The Bertz CT molecular complexity index is 539. The Labute approximate surface area is 112 Å². The highest BCUT2D eigenvalue weighted by Gasteiger charge is 2.13. The molecule has 2 rings (SSSR count). The lowest BCUT2D eigenvalue weighted by molar-refractivity contribution is -0.141. The fourth-order valence-electron chi connectivity index (χ4n) is 1.13. The molecule has 0 spiro atoms. The van der Waals surface area contributed by atoms with Crippen LogP contribution in [0.3, 0.4) is 0 Å². The summed E-state index contributed by atoms with van der Waals surface area (Å²) in [4.78, 5) is 15.6. The molecule has 7 nitrogen and oxygen atoms in total. The van der Waals surface area contributed by atoms with Crippen LogP contribution < -0.4 is 0 Å². The van der Waals surface area contributed by atoms with E-state index in [0.29, 0.717) is 5.16 Å². The minimum Gasteiger partial charge on any atom is -0.468 e. The fraction of sp³-hybridized carbons (Fsp3) is 0.444. The van der Waals surface area contributed by atoms with Crippen LogP contribution >= 0.6 is 23.1 Å². The summed E-state index contributed by atoms with van der Waals surface area (Å²) in [7, 11) is 1.33. The van der Waals surface area contributed by atoms with E-state index >= 15 is 0 Å². The second kappa shape index (κ2) is 5.91. The van der Waals surface area contributed by atoms with E-state index in [1.807, 2.05) is 12.3 Å². The molecule has 2 aromatic heterocycles. The van der Waals surface area contributed by atoms with Crippen LogP contribution in [-0.4, -0.2) is 38.3 Å². The number of hydrogen-bond donors (Lipinski definition) is 0. The van der Waals surface area contributed by atoms with Crippen molar-refractivity contribution in [3.63, 3.8) is 0 Å². The van der Waals surface area contributed by atoms with Gasteiger partial charge in [0.15, 0.2) is 4.34 Å². The zero-order chi connectivity index (χ0) is 13.0. The van der Waals surface area contributed by atoms with Crippen molar-refractivity contribution in [3.05, 3.63) is 11.1 Å². The number of aromatic nitrogens is 5. The number of carbonyl (C=O) groups is 1. The van der Waals surface area contributed by atoms with E-state index in [1.54, 1.807) is 0 Å². The summed E-state index contributed by atoms with van der Waals surface area (Å²) in [6.07, 6.45) is 0.893. The lowest BCUT2D eigenvalue weighted by Gasteiger charge is -2.00. The summed E-state index contributed by atoms with van der Waals surface area (Å²) in [6.45, 7) is 2.04. The number of hydrogen-bond acceptors (Lipinski definition) is 8. The van der Waals surface area contributed by atoms with Crippen LogP contribution in [0.25, 0.3) is 0 Å². The van der Waals surface area contributed by atoms with Crippen molar-refractivity contribution in [2.75, 3.05) is 7.11 Å². The Morgan fingerprint density at radius 3 is 3.11 bits per heavy atom. The van der Waals surface area contributed by atoms with Gasteiger partial charge in [-0.1, -0.05) is 6.92 Å². The lowest BCUT2D eigenvalue weighted by atomic mass is 10.4. The molecule has 9 heteroatoms. The molecule has 2 aromatic rings. The van der Waals surface area contributed by atoms with E-state index in [9.17, 15) is 4.79 Å². The first-order valence-electron chi connectivity index (χ1n) is 5.18. The Hall–Kier alpha value is -1.48. The summed E-state index contributed by atoms with van der Waals surface area (Å²) in [6, 6.07) is 0. The maximum atomic E-state index is 11.2. The molecule has 0 fully saturated rings. The quantitative estimate of drug-likeness (QED) is 0.758. The highest BCUT2D eigenvalue weighted by molar-refractivity contribution is 8.00. The molecule has 0 aliphatic rings. The van der Waals surface area contributed by atoms with E-state index < -0.39 is 5.97 Å². The van der Waals surface area contributed by atoms with Gasteiger partial charge in [-0.05, 0) is 28.6 Å². The second-order valence-corrected chi connectivity index (χ2v) is 5.33. The van der Waals surface area contributed by atoms with Gasteiger partial charge in [-0.2, -0.15) is 0 Å². The van der Waals surface area contributed by atoms with Gasteiger partial charge in [-0.25, -0.2) is 9.67 Å². The third-order valence-corrected chi connectivity index (χ3v) is 4.04. The molecule has 0 amide bonds. The van der Waals surface area contributed by atoms with E-state index in [2.05, 4.69) is 25.2 Å². The summed E-state index contributed by atoms with van der Waals surface area (Å²) < 4.78 is 6.82. The second-order valence-electron chi connectivity index (χ2n) is 3.26. The van der Waals surface area contributed by atoms with Crippen molar-refractivity contribution in [1.29, 1.82) is 0 Å². The van der Waals surface area contributed by atoms with Crippen molar-refractivity contribution >= 4 is 29.1 Å². The molecule has 0 aromatic carbocycles. The number of esters is 1. The summed E-state index contributed by atoms with van der Waals surface area (Å²) in [5.41, 5.74) is 1.04. The Kier molecular flexibility index (Phi) is 4.26. The van der Waals surface area contributed by atoms with Gasteiger partial charge < -0.3 is 4.74 Å². The minimum atomic E-state index is -0.391. The molecule has 0 bridgehead atoms. The first kappa shape index (κ1) is 13.0. The number of aryl methyl sites for hydroxylation is 1. The summed E-state index contributed by atoms with van der Waals surface area (Å²) >= 11 is 2.87. The molecule has 0 atom stereocenters. The molecule has 96 valence electrons. The smallest absolute Gasteiger partial charge is 0.327 e. The number of thiazole rings is 1. The first-order chi connectivity index (χ1) is 8.72. The van der Waals surface area contributed by atoms with Crippen LogP contribution in [0.15, 0.2) is 14.9 Å². The Balaban J connectivity index is 2.09. The molecule has 0 radical (unpaired) electrons. The van der Waals surface area contributed by atoms with Gasteiger partial charge in [0.1, 0.15) is 6.54 Å². The topological polar surface area (TPSA) is 82.8 Å². The average Bonchev–Trinajstić information content (AvgIpc) is 3.00. The van der Waals surface area contributed by atoms with Crippen molar-refractivity contribution in [2.45, 2.75) is 29.4 Å². The number of nitrogens with zero attached hydrogens (tertiary/aromatic N) is 5. The van der Waals surface area contributed by atoms with Gasteiger partial charge in [0.05, 0.1) is 12.8 Å². The van der Waals surface area contributed by atoms with Crippen LogP contribution in [0.2, 0.25) is 0 Å². The van der Waals surface area contributed by atoms with Crippen molar-refractivity contribution < 1.29 is 9.53 Å². The van der Waals surface area contributed by atoms with E-state index in [1.165, 1.54) is 34.9 Å². The third kappa shape index (κ3) is 3.05. The summed E-state index contributed by atoms with van der Waals surface area (Å²) in [5.74, 6) is -0.391. The van der Waals surface area contributed by atoms with Crippen LogP contribution in [0, 0.1) is 0 Å². The highest BCUT2D eigenvalue weighted by Crippen LogP contribution is 2.28. The molecule has 2 heterocycles. The van der Waals surface area contributed by atoms with Gasteiger partial charge in [-0.15, -0.1) is 16.4 Å². The van der Waals surface area contributed by atoms with Crippen LogP contribution in [0.4, 0.5) is 0 Å².